The van der Waals surface area contributed by atoms with Crippen LogP contribution in [-0.4, -0.2) is 33.5 Å². The highest BCUT2D eigenvalue weighted by molar-refractivity contribution is 5.80. The summed E-state index contributed by atoms with van der Waals surface area (Å²) in [5.74, 6) is 0.645. The van der Waals surface area contributed by atoms with Crippen molar-refractivity contribution < 1.29 is 9.15 Å². The molecule has 0 saturated heterocycles. The lowest BCUT2D eigenvalue weighted by atomic mass is 9.95. The molecule has 1 aromatic carbocycles. The second-order valence-corrected chi connectivity index (χ2v) is 6.80. The number of fused-ring (bicyclic) bond motifs is 2. The first-order valence-electron chi connectivity index (χ1n) is 9.04. The number of nitrogens with zero attached hydrogens (tertiary/aromatic N) is 3. The number of benzene rings is 1. The van der Waals surface area contributed by atoms with Gasteiger partial charge in [0.15, 0.2) is 0 Å². The Bertz CT molecular complexity index is 1070. The summed E-state index contributed by atoms with van der Waals surface area (Å²) in [5.41, 5.74) is 5.33. The van der Waals surface area contributed by atoms with Crippen LogP contribution in [0.15, 0.2) is 59.7 Å². The number of hydrogen-bond acceptors (Lipinski definition) is 5. The maximum Gasteiger partial charge on any atom is 0.218 e. The van der Waals surface area contributed by atoms with Gasteiger partial charge in [0.1, 0.15) is 0 Å². The van der Waals surface area contributed by atoms with Gasteiger partial charge in [-0.3, -0.25) is 4.90 Å². The van der Waals surface area contributed by atoms with E-state index in [2.05, 4.69) is 27.0 Å². The van der Waals surface area contributed by atoms with E-state index in [1.807, 2.05) is 24.3 Å². The van der Waals surface area contributed by atoms with Crippen molar-refractivity contribution in [2.45, 2.75) is 19.0 Å². The van der Waals surface area contributed by atoms with Crippen LogP contribution in [0.25, 0.3) is 10.9 Å². The Labute approximate surface area is 156 Å². The van der Waals surface area contributed by atoms with Crippen LogP contribution in [-0.2, 0) is 13.0 Å². The Kier molecular flexibility index (Phi) is 3.90. The maximum absolute atomic E-state index is 5.69. The van der Waals surface area contributed by atoms with Crippen molar-refractivity contribution in [2.75, 3.05) is 13.7 Å². The molecule has 1 N–H and O–H groups in total. The molecule has 0 aliphatic carbocycles. The van der Waals surface area contributed by atoms with Crippen LogP contribution in [0.1, 0.15) is 28.6 Å². The zero-order chi connectivity index (χ0) is 18.2. The van der Waals surface area contributed by atoms with Crippen molar-refractivity contribution in [3.05, 3.63) is 77.8 Å². The molecule has 6 heteroatoms. The van der Waals surface area contributed by atoms with Gasteiger partial charge in [0.05, 0.1) is 43.2 Å². The summed E-state index contributed by atoms with van der Waals surface area (Å²) in [7, 11) is 1.68. The summed E-state index contributed by atoms with van der Waals surface area (Å²) in [6.45, 7) is 1.70. The van der Waals surface area contributed by atoms with Gasteiger partial charge in [0.2, 0.25) is 5.88 Å². The number of aromatic nitrogens is 3. The Morgan fingerprint density at radius 1 is 1.30 bits per heavy atom. The zero-order valence-corrected chi connectivity index (χ0v) is 15.1. The summed E-state index contributed by atoms with van der Waals surface area (Å²) in [6, 6.07) is 12.3. The summed E-state index contributed by atoms with van der Waals surface area (Å²) in [4.78, 5) is 15.1. The first kappa shape index (κ1) is 16.1. The molecule has 0 spiro atoms. The molecular weight excluding hydrogens is 340 g/mol. The molecule has 0 saturated carbocycles. The lowest BCUT2D eigenvalue weighted by Gasteiger charge is -2.35. The number of methoxy groups -OCH3 is 1. The van der Waals surface area contributed by atoms with Crippen molar-refractivity contribution in [2.24, 2.45) is 0 Å². The largest absolute Gasteiger partial charge is 0.481 e. The Hall–Kier alpha value is -3.12. The van der Waals surface area contributed by atoms with Crippen molar-refractivity contribution >= 4 is 10.9 Å². The molecule has 1 aliphatic rings. The number of furan rings is 1. The van der Waals surface area contributed by atoms with Crippen LogP contribution in [0.3, 0.4) is 0 Å². The third kappa shape index (κ3) is 2.78. The number of nitrogens with one attached hydrogen (secondary N) is 1. The molecule has 0 bridgehead atoms. The number of ether oxygens (including phenoxy) is 1. The maximum atomic E-state index is 5.69. The van der Waals surface area contributed by atoms with E-state index in [0.717, 1.165) is 47.2 Å². The highest BCUT2D eigenvalue weighted by Gasteiger charge is 2.33. The van der Waals surface area contributed by atoms with E-state index in [0.29, 0.717) is 5.88 Å². The standard InChI is InChI=1S/C21H20N4O2/c1-26-21-16(10-15-4-2-3-5-17(15)24-21)20-19-18(22-13-23-19)6-8-25(20)11-14-7-9-27-12-14/h2-5,7,9-10,12-13,20H,6,8,11H2,1H3,(H,22,23). The smallest absolute Gasteiger partial charge is 0.218 e. The van der Waals surface area contributed by atoms with Crippen LogP contribution < -0.4 is 4.74 Å². The van der Waals surface area contributed by atoms with Crippen LogP contribution in [0.4, 0.5) is 0 Å². The van der Waals surface area contributed by atoms with Crippen LogP contribution >= 0.6 is 0 Å². The minimum atomic E-state index is -0.0260. The van der Waals surface area contributed by atoms with Gasteiger partial charge in [-0.1, -0.05) is 18.2 Å². The van der Waals surface area contributed by atoms with E-state index < -0.39 is 0 Å². The number of hydrogen-bond donors (Lipinski definition) is 1. The first-order valence-corrected chi connectivity index (χ1v) is 9.04. The molecule has 4 aromatic rings. The number of rotatable bonds is 4. The highest BCUT2D eigenvalue weighted by Crippen LogP contribution is 2.39. The van der Waals surface area contributed by atoms with E-state index in [9.17, 15) is 0 Å². The molecule has 1 unspecified atom stereocenters. The summed E-state index contributed by atoms with van der Waals surface area (Å²) in [6.07, 6.45) is 6.23. The molecule has 6 nitrogen and oxygen atoms in total. The third-order valence-corrected chi connectivity index (χ3v) is 5.20. The van der Waals surface area contributed by atoms with E-state index >= 15 is 0 Å². The average molecular weight is 360 g/mol. The monoisotopic (exact) mass is 360 g/mol. The van der Waals surface area contributed by atoms with Gasteiger partial charge in [0, 0.05) is 41.7 Å². The molecule has 1 aliphatic heterocycles. The van der Waals surface area contributed by atoms with Crippen molar-refractivity contribution in [1.29, 1.82) is 0 Å². The topological polar surface area (TPSA) is 67.2 Å². The van der Waals surface area contributed by atoms with Crippen molar-refractivity contribution in [3.63, 3.8) is 0 Å². The van der Waals surface area contributed by atoms with Crippen molar-refractivity contribution in [1.82, 2.24) is 19.9 Å². The van der Waals surface area contributed by atoms with E-state index in [-0.39, 0.29) is 6.04 Å². The molecule has 27 heavy (non-hydrogen) atoms. The lowest BCUT2D eigenvalue weighted by molar-refractivity contribution is 0.195. The van der Waals surface area contributed by atoms with Gasteiger partial charge >= 0.3 is 0 Å². The summed E-state index contributed by atoms with van der Waals surface area (Å²) >= 11 is 0. The second kappa shape index (κ2) is 6.55. The predicted molar refractivity (Wildman–Crippen MR) is 102 cm³/mol. The molecule has 0 radical (unpaired) electrons. The Balaban J connectivity index is 1.66. The highest BCUT2D eigenvalue weighted by atomic mass is 16.5. The van der Waals surface area contributed by atoms with Gasteiger partial charge in [0.25, 0.3) is 0 Å². The van der Waals surface area contributed by atoms with E-state index in [1.54, 1.807) is 26.0 Å². The normalized spacial score (nSPS) is 17.1. The van der Waals surface area contributed by atoms with Crippen LogP contribution in [0, 0.1) is 0 Å². The molecule has 1 atom stereocenters. The zero-order valence-electron chi connectivity index (χ0n) is 15.1. The number of pyridine rings is 1. The van der Waals surface area contributed by atoms with Crippen LogP contribution in [0.2, 0.25) is 0 Å². The second-order valence-electron chi connectivity index (χ2n) is 6.80. The van der Waals surface area contributed by atoms with Crippen LogP contribution in [0.5, 0.6) is 5.88 Å². The van der Waals surface area contributed by atoms with Gasteiger partial charge in [-0.2, -0.15) is 0 Å². The first-order chi connectivity index (χ1) is 13.3. The summed E-state index contributed by atoms with van der Waals surface area (Å²) in [5, 5.41) is 1.10. The van der Waals surface area contributed by atoms with Crippen molar-refractivity contribution in [3.8, 4) is 5.88 Å². The van der Waals surface area contributed by atoms with Gasteiger partial charge in [-0.15, -0.1) is 0 Å². The fraction of sp³-hybridized carbons (Fsp3) is 0.238. The molecule has 3 aromatic heterocycles. The predicted octanol–water partition coefficient (Wildman–Crippen LogP) is 3.71. The molecule has 5 rings (SSSR count). The Morgan fingerprint density at radius 3 is 3.07 bits per heavy atom. The molecule has 0 amide bonds. The molecule has 136 valence electrons. The molecular formula is C21H20N4O2. The molecule has 4 heterocycles. The van der Waals surface area contributed by atoms with E-state index in [4.69, 9.17) is 14.1 Å². The number of H-pyrrole nitrogens is 1. The lowest BCUT2D eigenvalue weighted by Crippen LogP contribution is -2.36. The minimum Gasteiger partial charge on any atom is -0.481 e. The summed E-state index contributed by atoms with van der Waals surface area (Å²) < 4.78 is 11.0. The van der Waals surface area contributed by atoms with Gasteiger partial charge in [-0.05, 0) is 18.2 Å². The number of aromatic amines is 1. The van der Waals surface area contributed by atoms with Gasteiger partial charge in [-0.25, -0.2) is 9.97 Å². The molecule has 0 fully saturated rings. The minimum absolute atomic E-state index is 0.0260. The quantitative estimate of drug-likeness (QED) is 0.601. The SMILES string of the molecule is COc1nc2ccccc2cc1C1c2nc[nH]c2CCN1Cc1ccoc1. The van der Waals surface area contributed by atoms with Gasteiger partial charge < -0.3 is 14.1 Å². The fourth-order valence-corrected chi connectivity index (χ4v) is 3.93. The fourth-order valence-electron chi connectivity index (χ4n) is 3.93. The third-order valence-electron chi connectivity index (χ3n) is 5.20. The average Bonchev–Trinajstić information content (AvgIpc) is 3.38. The Morgan fingerprint density at radius 2 is 2.22 bits per heavy atom. The number of para-hydroxylation sites is 1. The number of imidazole rings is 1. The van der Waals surface area contributed by atoms with E-state index in [1.165, 1.54) is 5.69 Å².